The molecule has 2 aromatic carbocycles. The second-order valence-corrected chi connectivity index (χ2v) is 6.90. The molecule has 4 nitrogen and oxygen atoms in total. The number of anilines is 1. The summed E-state index contributed by atoms with van der Waals surface area (Å²) in [6, 6.07) is 12.4. The Morgan fingerprint density at radius 3 is 2.58 bits per heavy atom. The van der Waals surface area contributed by atoms with E-state index in [0.717, 1.165) is 5.56 Å². The summed E-state index contributed by atoms with van der Waals surface area (Å²) in [5.74, 6) is -0.384. The highest BCUT2D eigenvalue weighted by atomic mass is 35.5. The van der Waals surface area contributed by atoms with Crippen LogP contribution in [-0.4, -0.2) is 11.8 Å². The number of halogens is 2. The number of carbonyl (C=O) groups is 2. The molecule has 136 valence electrons. The van der Waals surface area contributed by atoms with E-state index in [9.17, 15) is 9.59 Å². The molecule has 0 aliphatic heterocycles. The minimum Gasteiger partial charge on any atom is -0.348 e. The van der Waals surface area contributed by atoms with E-state index in [1.54, 1.807) is 24.3 Å². The predicted molar refractivity (Wildman–Crippen MR) is 107 cm³/mol. The van der Waals surface area contributed by atoms with Gasteiger partial charge in [-0.2, -0.15) is 0 Å². The summed E-state index contributed by atoms with van der Waals surface area (Å²) in [4.78, 5) is 23.7. The van der Waals surface area contributed by atoms with Crippen molar-refractivity contribution in [2.45, 2.75) is 20.4 Å². The van der Waals surface area contributed by atoms with Gasteiger partial charge >= 0.3 is 0 Å². The van der Waals surface area contributed by atoms with Crippen LogP contribution in [0.2, 0.25) is 10.0 Å². The molecule has 2 aromatic rings. The predicted octanol–water partition coefficient (Wildman–Crippen LogP) is 4.92. The van der Waals surface area contributed by atoms with Gasteiger partial charge in [0.25, 0.3) is 0 Å². The van der Waals surface area contributed by atoms with Crippen molar-refractivity contribution < 1.29 is 9.59 Å². The van der Waals surface area contributed by atoms with E-state index in [4.69, 9.17) is 23.2 Å². The van der Waals surface area contributed by atoms with Crippen LogP contribution in [0.1, 0.15) is 25.0 Å². The quantitative estimate of drug-likeness (QED) is 0.687. The summed E-state index contributed by atoms with van der Waals surface area (Å²) < 4.78 is 0. The van der Waals surface area contributed by atoms with Crippen LogP contribution in [0.4, 0.5) is 5.69 Å². The van der Waals surface area contributed by atoms with Crippen molar-refractivity contribution in [3.63, 3.8) is 0 Å². The standard InChI is InChI=1S/C20H20Cl2N2O2/c1-13(2)20(26)24-17-5-3-4-14(10-17)12-23-19(25)9-7-15-6-8-16(21)11-18(15)22/h3-11,13H,12H2,1-2H3,(H,23,25)(H,24,26)/b9-7+. The Hall–Kier alpha value is -2.30. The molecule has 0 spiro atoms. The molecule has 0 atom stereocenters. The Kier molecular flexibility index (Phi) is 7.25. The maximum absolute atomic E-state index is 12.0. The van der Waals surface area contributed by atoms with Crippen LogP contribution in [-0.2, 0) is 16.1 Å². The fourth-order valence-corrected chi connectivity index (χ4v) is 2.57. The Balaban J connectivity index is 1.92. The minimum absolute atomic E-state index is 0.0473. The fraction of sp³-hybridized carbons (Fsp3) is 0.200. The van der Waals surface area contributed by atoms with Gasteiger partial charge in [-0.25, -0.2) is 0 Å². The molecule has 0 saturated carbocycles. The van der Waals surface area contributed by atoms with Crippen LogP contribution >= 0.6 is 23.2 Å². The number of amides is 2. The molecule has 0 aliphatic carbocycles. The van der Waals surface area contributed by atoms with Gasteiger partial charge in [0.05, 0.1) is 0 Å². The molecular weight excluding hydrogens is 371 g/mol. The zero-order chi connectivity index (χ0) is 19.1. The van der Waals surface area contributed by atoms with Crippen LogP contribution in [0.3, 0.4) is 0 Å². The van der Waals surface area contributed by atoms with Crippen molar-refractivity contribution in [2.75, 3.05) is 5.32 Å². The lowest BCUT2D eigenvalue weighted by molar-refractivity contribution is -0.119. The lowest BCUT2D eigenvalue weighted by atomic mass is 10.1. The van der Waals surface area contributed by atoms with Crippen molar-refractivity contribution in [1.29, 1.82) is 0 Å². The Morgan fingerprint density at radius 1 is 1.12 bits per heavy atom. The monoisotopic (exact) mass is 390 g/mol. The van der Waals surface area contributed by atoms with Crippen molar-refractivity contribution in [3.8, 4) is 0 Å². The van der Waals surface area contributed by atoms with Crippen LogP contribution < -0.4 is 10.6 Å². The van der Waals surface area contributed by atoms with Crippen molar-refractivity contribution in [2.24, 2.45) is 5.92 Å². The van der Waals surface area contributed by atoms with Gasteiger partial charge in [-0.3, -0.25) is 9.59 Å². The first-order valence-corrected chi connectivity index (χ1v) is 8.91. The minimum atomic E-state index is -0.243. The van der Waals surface area contributed by atoms with Crippen molar-refractivity contribution in [1.82, 2.24) is 5.32 Å². The third-order valence-corrected chi connectivity index (χ3v) is 4.12. The van der Waals surface area contributed by atoms with E-state index in [1.165, 1.54) is 6.08 Å². The molecule has 0 saturated heterocycles. The number of carbonyl (C=O) groups excluding carboxylic acids is 2. The first-order valence-electron chi connectivity index (χ1n) is 8.16. The second-order valence-electron chi connectivity index (χ2n) is 6.06. The van der Waals surface area contributed by atoms with Crippen molar-refractivity contribution in [3.05, 3.63) is 69.7 Å². The molecule has 0 unspecified atom stereocenters. The van der Waals surface area contributed by atoms with E-state index < -0.39 is 0 Å². The zero-order valence-electron chi connectivity index (χ0n) is 14.6. The van der Waals surface area contributed by atoms with E-state index in [2.05, 4.69) is 10.6 Å². The van der Waals surface area contributed by atoms with E-state index in [-0.39, 0.29) is 17.7 Å². The molecule has 0 heterocycles. The summed E-state index contributed by atoms with van der Waals surface area (Å²) in [6.45, 7) is 4.01. The number of nitrogens with one attached hydrogen (secondary N) is 2. The van der Waals surface area contributed by atoms with Crippen LogP contribution in [0.5, 0.6) is 0 Å². The number of hydrogen-bond acceptors (Lipinski definition) is 2. The molecule has 0 aromatic heterocycles. The van der Waals surface area contributed by atoms with Gasteiger partial charge in [0.2, 0.25) is 11.8 Å². The highest BCUT2D eigenvalue weighted by Crippen LogP contribution is 2.21. The molecule has 0 fully saturated rings. The van der Waals surface area contributed by atoms with Gasteiger partial charge in [0, 0.05) is 34.3 Å². The Labute approximate surface area is 163 Å². The van der Waals surface area contributed by atoms with Crippen LogP contribution in [0.15, 0.2) is 48.5 Å². The van der Waals surface area contributed by atoms with Gasteiger partial charge in [0.1, 0.15) is 0 Å². The first-order chi connectivity index (χ1) is 12.3. The highest BCUT2D eigenvalue weighted by Gasteiger charge is 2.07. The van der Waals surface area contributed by atoms with Gasteiger partial charge < -0.3 is 10.6 Å². The molecule has 2 amide bonds. The lowest BCUT2D eigenvalue weighted by Gasteiger charge is -2.09. The number of rotatable bonds is 6. The number of benzene rings is 2. The largest absolute Gasteiger partial charge is 0.348 e. The molecule has 6 heteroatoms. The lowest BCUT2D eigenvalue weighted by Crippen LogP contribution is -2.21. The molecule has 2 rings (SSSR count). The average Bonchev–Trinajstić information content (AvgIpc) is 2.59. The second kappa shape index (κ2) is 9.41. The molecule has 0 aliphatic rings. The maximum atomic E-state index is 12.0. The summed E-state index contributed by atoms with van der Waals surface area (Å²) in [7, 11) is 0. The van der Waals surface area contributed by atoms with Crippen molar-refractivity contribution >= 4 is 46.8 Å². The Morgan fingerprint density at radius 2 is 1.88 bits per heavy atom. The smallest absolute Gasteiger partial charge is 0.244 e. The highest BCUT2D eigenvalue weighted by molar-refractivity contribution is 6.35. The Bertz CT molecular complexity index is 832. The van der Waals surface area contributed by atoms with Gasteiger partial charge in [-0.05, 0) is 41.5 Å². The summed E-state index contributed by atoms with van der Waals surface area (Å²) in [5.41, 5.74) is 2.31. The van der Waals surface area contributed by atoms with Gasteiger partial charge in [0.15, 0.2) is 0 Å². The molecular formula is C20H20Cl2N2O2. The molecule has 2 N–H and O–H groups in total. The van der Waals surface area contributed by atoms with Gasteiger partial charge in [-0.1, -0.05) is 55.2 Å². The molecule has 0 bridgehead atoms. The normalized spacial score (nSPS) is 11.0. The van der Waals surface area contributed by atoms with E-state index >= 15 is 0 Å². The summed E-state index contributed by atoms with van der Waals surface area (Å²) in [6.07, 6.45) is 3.05. The third-order valence-electron chi connectivity index (χ3n) is 3.56. The zero-order valence-corrected chi connectivity index (χ0v) is 16.1. The van der Waals surface area contributed by atoms with Gasteiger partial charge in [-0.15, -0.1) is 0 Å². The van der Waals surface area contributed by atoms with E-state index in [1.807, 2.05) is 38.1 Å². The topological polar surface area (TPSA) is 58.2 Å². The van der Waals surface area contributed by atoms with Crippen LogP contribution in [0.25, 0.3) is 6.08 Å². The summed E-state index contributed by atoms with van der Waals surface area (Å²) in [5, 5.41) is 6.66. The third kappa shape index (κ3) is 6.21. The number of hydrogen-bond donors (Lipinski definition) is 2. The fourth-order valence-electron chi connectivity index (χ4n) is 2.10. The molecule has 0 radical (unpaired) electrons. The maximum Gasteiger partial charge on any atom is 0.244 e. The van der Waals surface area contributed by atoms with Crippen LogP contribution in [0, 0.1) is 5.92 Å². The SMILES string of the molecule is CC(C)C(=O)Nc1cccc(CNC(=O)/C=C/c2ccc(Cl)cc2Cl)c1. The molecule has 26 heavy (non-hydrogen) atoms. The summed E-state index contributed by atoms with van der Waals surface area (Å²) >= 11 is 11.9. The van der Waals surface area contributed by atoms with E-state index in [0.29, 0.717) is 27.8 Å². The first kappa shape index (κ1) is 20.0. The average molecular weight is 391 g/mol.